The lowest BCUT2D eigenvalue weighted by Gasteiger charge is -2.30. The summed E-state index contributed by atoms with van der Waals surface area (Å²) in [4.78, 5) is 60.5. The van der Waals surface area contributed by atoms with Crippen LogP contribution in [-0.4, -0.2) is 23.8 Å². The van der Waals surface area contributed by atoms with Crippen LogP contribution >= 0.6 is 0 Å². The predicted molar refractivity (Wildman–Crippen MR) is 102 cm³/mol. The van der Waals surface area contributed by atoms with Crippen LogP contribution in [0, 0.1) is 0 Å². The van der Waals surface area contributed by atoms with Gasteiger partial charge < -0.3 is 19.1 Å². The van der Waals surface area contributed by atoms with Gasteiger partial charge in [0.25, 0.3) is 5.91 Å². The quantitative estimate of drug-likeness (QED) is 0.215. The fraction of sp³-hybridized carbons (Fsp3) is 0.182. The normalized spacial score (nSPS) is 19.0. The Balaban J connectivity index is 2.65. The molecular weight excluding hydrogens is 496 g/mol. The minimum absolute atomic E-state index is 0.768. The van der Waals surface area contributed by atoms with Crippen molar-refractivity contribution in [1.82, 2.24) is 0 Å². The molecule has 36 heavy (non-hydrogen) atoms. The van der Waals surface area contributed by atoms with Crippen molar-refractivity contribution >= 4 is 17.8 Å². The van der Waals surface area contributed by atoms with Gasteiger partial charge in [0, 0.05) is 29.5 Å². The molecule has 0 saturated carbocycles. The first-order valence-electron chi connectivity index (χ1n) is 8.25. The molecule has 2 heterocycles. The molecule has 25 nitrogen and oxygen atoms in total. The van der Waals surface area contributed by atoms with Crippen molar-refractivity contribution < 1.29 is 33.5 Å². The third-order valence-corrected chi connectivity index (χ3v) is 4.31. The van der Waals surface area contributed by atoms with Gasteiger partial charge >= 0.3 is 17.8 Å². The van der Waals surface area contributed by atoms with Gasteiger partial charge in [-0.1, -0.05) is 10.2 Å². The summed E-state index contributed by atoms with van der Waals surface area (Å²) in [6, 6.07) is 0. The molecule has 1 atom stereocenters. The van der Waals surface area contributed by atoms with Crippen LogP contribution in [0.1, 0.15) is 36.6 Å². The second-order valence-corrected chi connectivity index (χ2v) is 5.78. The lowest BCUT2D eigenvalue weighted by molar-refractivity contribution is -0.130. The van der Waals surface area contributed by atoms with E-state index in [1.165, 1.54) is 0 Å². The lowest BCUT2D eigenvalue weighted by Crippen LogP contribution is -2.48. The molecule has 0 aliphatic carbocycles. The zero-order valence-corrected chi connectivity index (χ0v) is 16.4. The van der Waals surface area contributed by atoms with Crippen molar-refractivity contribution in [3.05, 3.63) is 84.9 Å². The van der Waals surface area contributed by atoms with Crippen LogP contribution in [0.3, 0.4) is 0 Å². The highest BCUT2D eigenvalue weighted by Gasteiger charge is 2.72. The van der Waals surface area contributed by atoms with E-state index in [-0.39, 0.29) is 0 Å². The predicted octanol–water partition coefficient (Wildman–Crippen LogP) is 4.42. The largest absolute Gasteiger partial charge is 0.445 e. The number of carbonyl (C=O) groups excluding carboxylic acids is 3. The van der Waals surface area contributed by atoms with E-state index in [0.29, 0.717) is 0 Å². The minimum Gasteiger partial charge on any atom is -0.445 e. The molecule has 0 fully saturated rings. The van der Waals surface area contributed by atoms with Crippen LogP contribution in [0.5, 0.6) is 11.5 Å². The third kappa shape index (κ3) is 3.16. The highest BCUT2D eigenvalue weighted by atomic mass is 16.7. The molecule has 25 heteroatoms. The van der Waals surface area contributed by atoms with Crippen molar-refractivity contribution in [2.75, 3.05) is 0 Å². The molecule has 2 aliphatic heterocycles. The lowest BCUT2D eigenvalue weighted by atomic mass is 9.91. The fourth-order valence-electron chi connectivity index (χ4n) is 3.26. The molecule has 0 saturated heterocycles. The van der Waals surface area contributed by atoms with E-state index in [1.807, 2.05) is 0 Å². The molecule has 1 unspecified atom stereocenters. The Morgan fingerprint density at radius 1 is 0.667 bits per heavy atom. The molecule has 2 bridgehead atoms. The zero-order chi connectivity index (χ0) is 26.5. The van der Waals surface area contributed by atoms with Crippen LogP contribution < -0.4 is 9.47 Å². The topological polar surface area (TPSA) is 381 Å². The summed E-state index contributed by atoms with van der Waals surface area (Å²) in [5.41, 5.74) is 45.7. The van der Waals surface area contributed by atoms with E-state index in [4.69, 9.17) is 42.7 Å². The van der Waals surface area contributed by atoms with Gasteiger partial charge in [-0.25, -0.2) is 9.59 Å². The van der Waals surface area contributed by atoms with E-state index in [1.54, 1.807) is 0 Å². The summed E-state index contributed by atoms with van der Waals surface area (Å²) in [5.74, 6) is -9.96. The molecule has 1 aromatic rings. The fourth-order valence-corrected chi connectivity index (χ4v) is 3.26. The Labute approximate surface area is 191 Å². The molecule has 0 aromatic heterocycles. The Kier molecular flexibility index (Phi) is 6.01. The molecule has 3 rings (SSSR count). The molecule has 1 aromatic carbocycles. The monoisotopic (exact) mass is 496 g/mol. The Morgan fingerprint density at radius 3 is 1.64 bits per heavy atom. The van der Waals surface area contributed by atoms with E-state index in [2.05, 4.69) is 70.2 Å². The van der Waals surface area contributed by atoms with Gasteiger partial charge in [0.05, 0.1) is 16.7 Å². The summed E-state index contributed by atoms with van der Waals surface area (Å²) >= 11 is 0. The van der Waals surface area contributed by atoms with Crippen molar-refractivity contribution in [3.63, 3.8) is 0 Å². The number of rotatable bonds is 8. The Morgan fingerprint density at radius 2 is 1.17 bits per heavy atom. The van der Waals surface area contributed by atoms with E-state index < -0.39 is 63.2 Å². The highest BCUT2D eigenvalue weighted by Crippen LogP contribution is 2.65. The van der Waals surface area contributed by atoms with Crippen LogP contribution in [0.25, 0.3) is 62.7 Å². The SMILES string of the molecule is [N-]=[N+]=NOC(=O)c1c2c3c(c(C(=O)N=[N+]=[N-])c1C(=O)ON=[N+]=[N-])OC(N=[N+]=[N-])(O2)C3(N=[N+]=[N-])N=[N+]=[N-]. The number of amides is 1. The van der Waals surface area contributed by atoms with Gasteiger partial charge in [0.15, 0.2) is 0 Å². The Hall–Kier alpha value is -6.71. The summed E-state index contributed by atoms with van der Waals surface area (Å²) in [6.07, 6.45) is 0. The van der Waals surface area contributed by atoms with Crippen molar-refractivity contribution in [3.8, 4) is 11.5 Å². The maximum Gasteiger partial charge on any atom is 0.355 e. The molecule has 0 N–H and O–H groups in total. The highest BCUT2D eigenvalue weighted by molar-refractivity contribution is 6.15. The van der Waals surface area contributed by atoms with Crippen LogP contribution in [0.15, 0.2) is 31.0 Å². The van der Waals surface area contributed by atoms with E-state index in [0.717, 1.165) is 0 Å². The molecular formula is C11N18O7. The summed E-state index contributed by atoms with van der Waals surface area (Å²) in [6.45, 7) is 0. The number of nitrogens with zero attached hydrogens (tertiary/aromatic N) is 18. The average Bonchev–Trinajstić information content (AvgIpc) is 3.25. The maximum atomic E-state index is 12.8. The van der Waals surface area contributed by atoms with Gasteiger partial charge in [0.1, 0.15) is 27.6 Å². The second kappa shape index (κ2) is 9.03. The second-order valence-electron chi connectivity index (χ2n) is 5.78. The molecule has 0 radical (unpaired) electrons. The number of benzene rings is 1. The van der Waals surface area contributed by atoms with Gasteiger partial charge in [-0.2, -0.15) is 0 Å². The zero-order valence-electron chi connectivity index (χ0n) is 16.4. The number of fused-ring (bicyclic) bond motifs is 1. The first kappa shape index (κ1) is 23.9. The van der Waals surface area contributed by atoms with Crippen LogP contribution in [0.4, 0.5) is 0 Å². The standard InChI is InChI=1S/C11N18O7/c12-22-18-7(30)2-1(8(31)35-28-26-16)3(9(32)36-29-27-17)6-4-5(2)33-11(34-6,21-25-15)10(4,19-23-13)20-24-14. The van der Waals surface area contributed by atoms with E-state index in [9.17, 15) is 14.4 Å². The van der Waals surface area contributed by atoms with Crippen molar-refractivity contribution in [1.29, 1.82) is 0 Å². The van der Waals surface area contributed by atoms with E-state index >= 15 is 0 Å². The van der Waals surface area contributed by atoms with Crippen LogP contribution in [-0.2, 0) is 15.3 Å². The maximum absolute atomic E-state index is 12.8. The smallest absolute Gasteiger partial charge is 0.355 e. The van der Waals surface area contributed by atoms with Gasteiger partial charge in [-0.15, -0.1) is 0 Å². The first-order chi connectivity index (χ1) is 17.3. The Bertz CT molecular complexity index is 1530. The van der Waals surface area contributed by atoms with Crippen molar-refractivity contribution in [2.24, 2.45) is 31.0 Å². The first-order valence-corrected chi connectivity index (χ1v) is 8.25. The number of ether oxygens (including phenoxy) is 2. The number of carbonyl (C=O) groups is 3. The molecule has 1 amide bonds. The molecule has 0 spiro atoms. The summed E-state index contributed by atoms with van der Waals surface area (Å²) in [5, 5.41) is 17.5. The number of hydrogen-bond acceptors (Lipinski definition) is 12. The van der Waals surface area contributed by atoms with Gasteiger partial charge in [0.2, 0.25) is 5.66 Å². The summed E-state index contributed by atoms with van der Waals surface area (Å²) < 4.78 is 10.6. The number of hydrogen-bond donors (Lipinski definition) is 0. The average molecular weight is 496 g/mol. The minimum atomic E-state index is -2.97. The van der Waals surface area contributed by atoms with Gasteiger partial charge in [-0.05, 0) is 43.4 Å². The molecule has 176 valence electrons. The van der Waals surface area contributed by atoms with Crippen LogP contribution in [0.2, 0.25) is 0 Å². The van der Waals surface area contributed by atoms with Gasteiger partial charge in [-0.3, -0.25) is 4.79 Å². The summed E-state index contributed by atoms with van der Waals surface area (Å²) in [7, 11) is 0. The number of azide groups is 5. The van der Waals surface area contributed by atoms with Crippen molar-refractivity contribution in [2.45, 2.75) is 11.6 Å². The third-order valence-electron chi connectivity index (χ3n) is 4.31. The molecule has 2 aliphatic rings.